The van der Waals surface area contributed by atoms with Crippen LogP contribution >= 0.6 is 0 Å². The first-order valence-corrected chi connectivity index (χ1v) is 7.03. The van der Waals surface area contributed by atoms with Gasteiger partial charge in [0.1, 0.15) is 6.54 Å². The summed E-state index contributed by atoms with van der Waals surface area (Å²) < 4.78 is 3.36. The number of nitrogens with zero attached hydrogens (tertiary/aromatic N) is 5. The summed E-state index contributed by atoms with van der Waals surface area (Å²) in [5.74, 6) is -1.04. The fourth-order valence-electron chi connectivity index (χ4n) is 2.32. The molecular weight excluding hydrogens is 302 g/mol. The first kappa shape index (κ1) is 16.6. The number of hydrogen-bond acceptors (Lipinski definition) is 6. The molecule has 0 aromatic carbocycles. The Labute approximate surface area is 132 Å². The number of nitrogens with one attached hydrogen (secondary N) is 1. The minimum Gasteiger partial charge on any atom is -0.480 e. The molecule has 0 bridgehead atoms. The smallest absolute Gasteiger partial charge is 0.323 e. The maximum Gasteiger partial charge on any atom is 0.323 e. The van der Waals surface area contributed by atoms with E-state index in [-0.39, 0.29) is 19.0 Å². The standard InChI is InChI=1S/C13H19N7O3/c1-15-3-4-19(6-10(22)23)9(21)5-20-8-18(2)11-12(14)16-7-17-13(11)20/h7-8,15H,3-6H2,1-2H3,(H2-,14,16,17,22,23)/p+1. The van der Waals surface area contributed by atoms with Crippen LogP contribution in [0, 0.1) is 0 Å². The normalized spacial score (nSPS) is 10.9. The maximum atomic E-state index is 12.4. The molecule has 0 aliphatic rings. The zero-order chi connectivity index (χ0) is 17.0. The van der Waals surface area contributed by atoms with Crippen LogP contribution in [0.15, 0.2) is 12.7 Å². The lowest BCUT2D eigenvalue weighted by molar-refractivity contribution is -0.661. The highest BCUT2D eigenvalue weighted by Crippen LogP contribution is 2.12. The van der Waals surface area contributed by atoms with Crippen LogP contribution in [-0.4, -0.2) is 63.1 Å². The van der Waals surface area contributed by atoms with E-state index in [9.17, 15) is 9.59 Å². The van der Waals surface area contributed by atoms with Crippen molar-refractivity contribution in [1.82, 2.24) is 24.8 Å². The Morgan fingerprint density at radius 3 is 2.87 bits per heavy atom. The molecule has 0 unspecified atom stereocenters. The number of carbonyl (C=O) groups is 2. The molecule has 23 heavy (non-hydrogen) atoms. The fourth-order valence-corrected chi connectivity index (χ4v) is 2.32. The number of amides is 1. The van der Waals surface area contributed by atoms with Gasteiger partial charge in [0.05, 0.1) is 7.05 Å². The predicted octanol–water partition coefficient (Wildman–Crippen LogP) is -2.03. The Morgan fingerprint density at radius 2 is 2.22 bits per heavy atom. The van der Waals surface area contributed by atoms with E-state index in [0.717, 1.165) is 0 Å². The summed E-state index contributed by atoms with van der Waals surface area (Å²) in [6, 6.07) is 0. The van der Waals surface area contributed by atoms with Gasteiger partial charge in [-0.2, -0.15) is 4.98 Å². The van der Waals surface area contributed by atoms with Gasteiger partial charge in [0, 0.05) is 13.1 Å². The summed E-state index contributed by atoms with van der Waals surface area (Å²) in [6.45, 7) is 0.451. The second kappa shape index (κ2) is 7.01. The van der Waals surface area contributed by atoms with Crippen molar-refractivity contribution in [2.75, 3.05) is 32.4 Å². The maximum absolute atomic E-state index is 12.4. The van der Waals surface area contributed by atoms with Gasteiger partial charge in [-0.15, -0.1) is 0 Å². The summed E-state index contributed by atoms with van der Waals surface area (Å²) in [7, 11) is 3.52. The first-order chi connectivity index (χ1) is 10.9. The summed E-state index contributed by atoms with van der Waals surface area (Å²) in [5, 5.41) is 11.8. The van der Waals surface area contributed by atoms with Crippen molar-refractivity contribution >= 4 is 28.9 Å². The highest BCUT2D eigenvalue weighted by atomic mass is 16.4. The number of nitrogens with two attached hydrogens (primary N) is 1. The Bertz CT molecular complexity index is 728. The second-order valence-corrected chi connectivity index (χ2v) is 5.10. The average molecular weight is 322 g/mol. The van der Waals surface area contributed by atoms with Crippen molar-refractivity contribution < 1.29 is 19.3 Å². The molecular formula is C13H20N7O3+. The number of aryl methyl sites for hydroxylation is 1. The predicted molar refractivity (Wildman–Crippen MR) is 81.3 cm³/mol. The molecule has 0 fully saturated rings. The fraction of sp³-hybridized carbons (Fsp3) is 0.462. The zero-order valence-corrected chi connectivity index (χ0v) is 13.1. The number of carboxylic acids is 1. The van der Waals surface area contributed by atoms with Gasteiger partial charge in [0.2, 0.25) is 5.52 Å². The number of hydrogen-bond donors (Lipinski definition) is 3. The minimum atomic E-state index is -1.05. The van der Waals surface area contributed by atoms with Gasteiger partial charge >= 0.3 is 11.6 Å². The number of nitrogen functional groups attached to an aromatic ring is 1. The molecule has 1 amide bonds. The summed E-state index contributed by atoms with van der Waals surface area (Å²) in [6.07, 6.45) is 3.01. The number of imidazole rings is 1. The number of rotatable bonds is 7. The van der Waals surface area contributed by atoms with E-state index in [1.54, 1.807) is 29.6 Å². The molecule has 0 aliphatic carbocycles. The lowest BCUT2D eigenvalue weighted by Crippen LogP contribution is -2.47. The van der Waals surface area contributed by atoms with Gasteiger partial charge in [-0.1, -0.05) is 4.98 Å². The Balaban J connectivity index is 2.24. The van der Waals surface area contributed by atoms with E-state index in [1.807, 2.05) is 0 Å². The molecule has 0 radical (unpaired) electrons. The highest BCUT2D eigenvalue weighted by molar-refractivity contribution is 5.82. The molecule has 124 valence electrons. The van der Waals surface area contributed by atoms with Crippen LogP contribution in [0.5, 0.6) is 0 Å². The van der Waals surface area contributed by atoms with E-state index >= 15 is 0 Å². The van der Waals surface area contributed by atoms with Gasteiger partial charge in [0.15, 0.2) is 25.0 Å². The topological polar surface area (TPSA) is 130 Å². The van der Waals surface area contributed by atoms with E-state index < -0.39 is 5.97 Å². The lowest BCUT2D eigenvalue weighted by atomic mass is 10.4. The number of fused-ring (bicyclic) bond motifs is 1. The van der Waals surface area contributed by atoms with Gasteiger partial charge in [-0.3, -0.25) is 14.2 Å². The van der Waals surface area contributed by atoms with Crippen molar-refractivity contribution in [2.45, 2.75) is 6.54 Å². The minimum absolute atomic E-state index is 0.0230. The largest absolute Gasteiger partial charge is 0.480 e. The summed E-state index contributed by atoms with van der Waals surface area (Å²) in [4.78, 5) is 32.7. The molecule has 2 aromatic heterocycles. The number of carbonyl (C=O) groups excluding carboxylic acids is 1. The molecule has 0 saturated heterocycles. The molecule has 2 aromatic rings. The van der Waals surface area contributed by atoms with Crippen molar-refractivity contribution in [3.63, 3.8) is 0 Å². The third kappa shape index (κ3) is 3.72. The van der Waals surface area contributed by atoms with Crippen LogP contribution in [0.1, 0.15) is 0 Å². The number of aliphatic carboxylic acids is 1. The van der Waals surface area contributed by atoms with Gasteiger partial charge in [-0.05, 0) is 7.05 Å². The summed E-state index contributed by atoms with van der Waals surface area (Å²) in [5.41, 5.74) is 6.98. The summed E-state index contributed by atoms with van der Waals surface area (Å²) >= 11 is 0. The molecule has 2 rings (SSSR count). The molecule has 4 N–H and O–H groups in total. The second-order valence-electron chi connectivity index (χ2n) is 5.10. The van der Waals surface area contributed by atoms with Crippen LogP contribution in [0.25, 0.3) is 11.2 Å². The molecule has 0 atom stereocenters. The molecule has 0 spiro atoms. The quantitative estimate of drug-likeness (QED) is 0.501. The number of likely N-dealkylation sites (N-methyl/N-ethyl adjacent to an activating group) is 1. The zero-order valence-electron chi connectivity index (χ0n) is 13.1. The average Bonchev–Trinajstić information content (AvgIpc) is 2.80. The van der Waals surface area contributed by atoms with Crippen LogP contribution in [-0.2, 0) is 23.2 Å². The molecule has 0 saturated carbocycles. The van der Waals surface area contributed by atoms with Crippen LogP contribution < -0.4 is 15.6 Å². The SMILES string of the molecule is CNCCN(CC(=O)O)C(=O)C[n+]1cn(C)c2c(N)ncnc21. The van der Waals surface area contributed by atoms with Crippen molar-refractivity contribution in [1.29, 1.82) is 0 Å². The number of aromatic nitrogens is 4. The molecule has 2 heterocycles. The number of anilines is 1. The molecule has 10 heteroatoms. The monoisotopic (exact) mass is 322 g/mol. The van der Waals surface area contributed by atoms with E-state index in [1.165, 1.54) is 11.2 Å². The van der Waals surface area contributed by atoms with Gasteiger partial charge in [-0.25, -0.2) is 4.57 Å². The van der Waals surface area contributed by atoms with Crippen molar-refractivity contribution in [3.05, 3.63) is 12.7 Å². The highest BCUT2D eigenvalue weighted by Gasteiger charge is 2.23. The van der Waals surface area contributed by atoms with Gasteiger partial charge < -0.3 is 21.1 Å². The molecule has 10 nitrogen and oxygen atoms in total. The van der Waals surface area contributed by atoms with Crippen molar-refractivity contribution in [3.8, 4) is 0 Å². The van der Waals surface area contributed by atoms with Crippen molar-refractivity contribution in [2.24, 2.45) is 7.05 Å². The number of carboxylic acid groups (broad SMARTS) is 1. The Kier molecular flexibility index (Phi) is 5.06. The van der Waals surface area contributed by atoms with E-state index in [2.05, 4.69) is 15.3 Å². The Hall–Kier alpha value is -2.75. The van der Waals surface area contributed by atoms with E-state index in [4.69, 9.17) is 10.8 Å². The first-order valence-electron chi connectivity index (χ1n) is 7.03. The van der Waals surface area contributed by atoms with E-state index in [0.29, 0.717) is 30.1 Å². The third-order valence-electron chi connectivity index (χ3n) is 3.38. The molecule has 0 aliphatic heterocycles. The van der Waals surface area contributed by atoms with Crippen LogP contribution in [0.4, 0.5) is 5.82 Å². The Morgan fingerprint density at radius 1 is 1.48 bits per heavy atom. The van der Waals surface area contributed by atoms with Gasteiger partial charge in [0.25, 0.3) is 5.91 Å². The van der Waals surface area contributed by atoms with Crippen LogP contribution in [0.2, 0.25) is 0 Å². The third-order valence-corrected chi connectivity index (χ3v) is 3.38. The lowest BCUT2D eigenvalue weighted by Gasteiger charge is -2.19. The van der Waals surface area contributed by atoms with Crippen LogP contribution in [0.3, 0.4) is 0 Å².